The first-order chi connectivity index (χ1) is 15.0. The zero-order chi connectivity index (χ0) is 21.4. The molecule has 3 aliphatic heterocycles. The Balaban J connectivity index is 0.00000153. The topological polar surface area (TPSA) is 76.6 Å². The van der Waals surface area contributed by atoms with E-state index in [1.54, 1.807) is 0 Å². The second-order valence-electron chi connectivity index (χ2n) is 9.46. The number of ether oxygens (including phenoxy) is 1. The number of fused-ring (bicyclic) bond motifs is 2. The summed E-state index contributed by atoms with van der Waals surface area (Å²) in [6.45, 7) is 3.84. The second kappa shape index (κ2) is 10.7. The number of para-hydroxylation sites is 1. The van der Waals surface area contributed by atoms with E-state index in [0.717, 1.165) is 69.7 Å². The van der Waals surface area contributed by atoms with Gasteiger partial charge in [0.25, 0.3) is 0 Å². The highest BCUT2D eigenvalue weighted by Gasteiger charge is 2.44. The van der Waals surface area contributed by atoms with E-state index in [1.807, 2.05) is 27.8 Å². The Morgan fingerprint density at radius 3 is 2.58 bits per heavy atom. The van der Waals surface area contributed by atoms with Gasteiger partial charge in [-0.3, -0.25) is 4.79 Å². The van der Waals surface area contributed by atoms with E-state index in [1.165, 1.54) is 5.56 Å². The van der Waals surface area contributed by atoms with Crippen LogP contribution in [0, 0.1) is 5.92 Å². The van der Waals surface area contributed by atoms with Crippen molar-refractivity contribution in [1.82, 2.24) is 19.6 Å². The van der Waals surface area contributed by atoms with Crippen molar-refractivity contribution in [3.05, 3.63) is 47.8 Å². The van der Waals surface area contributed by atoms with Gasteiger partial charge in [0, 0.05) is 38.4 Å². The van der Waals surface area contributed by atoms with Crippen LogP contribution in [0.3, 0.4) is 0 Å². The molecule has 0 saturated carbocycles. The number of rotatable bonds is 2. The SMILES string of the molecule is CN1C[C@@H](N)CC[C@@H](C(=O)N2CCC3(CC2)OCCc2cn(-c4ccccc4)nc23)C1.Cl.Cl. The van der Waals surface area contributed by atoms with Gasteiger partial charge in [0.1, 0.15) is 5.60 Å². The van der Waals surface area contributed by atoms with Gasteiger partial charge in [-0.05, 0) is 56.8 Å². The number of amides is 1. The first-order valence-corrected chi connectivity index (χ1v) is 11.6. The maximum Gasteiger partial charge on any atom is 0.226 e. The van der Waals surface area contributed by atoms with Crippen LogP contribution < -0.4 is 5.73 Å². The molecule has 0 aliphatic carbocycles. The number of carbonyl (C=O) groups is 1. The number of nitrogens with zero attached hydrogens (tertiary/aromatic N) is 4. The molecule has 9 heteroatoms. The van der Waals surface area contributed by atoms with E-state index in [2.05, 4.69) is 30.3 Å². The third-order valence-corrected chi connectivity index (χ3v) is 7.19. The number of piperidine rings is 1. The van der Waals surface area contributed by atoms with Crippen molar-refractivity contribution in [3.63, 3.8) is 0 Å². The largest absolute Gasteiger partial charge is 0.368 e. The van der Waals surface area contributed by atoms with E-state index in [4.69, 9.17) is 15.6 Å². The van der Waals surface area contributed by atoms with Crippen molar-refractivity contribution in [2.75, 3.05) is 39.8 Å². The van der Waals surface area contributed by atoms with Crippen molar-refractivity contribution >= 4 is 30.7 Å². The predicted molar refractivity (Wildman–Crippen MR) is 133 cm³/mol. The lowest BCUT2D eigenvalue weighted by molar-refractivity contribution is -0.145. The summed E-state index contributed by atoms with van der Waals surface area (Å²) in [5.41, 5.74) is 9.19. The lowest BCUT2D eigenvalue weighted by atomic mass is 9.83. The van der Waals surface area contributed by atoms with Crippen LogP contribution >= 0.6 is 24.8 Å². The summed E-state index contributed by atoms with van der Waals surface area (Å²) < 4.78 is 8.34. The summed E-state index contributed by atoms with van der Waals surface area (Å²) in [5.74, 6) is 0.328. The number of hydrogen-bond acceptors (Lipinski definition) is 5. The highest BCUT2D eigenvalue weighted by atomic mass is 35.5. The summed E-state index contributed by atoms with van der Waals surface area (Å²) in [5, 5.41) is 4.96. The summed E-state index contributed by atoms with van der Waals surface area (Å²) in [6, 6.07) is 10.4. The zero-order valence-electron chi connectivity index (χ0n) is 19.2. The number of halogens is 2. The van der Waals surface area contributed by atoms with Crippen molar-refractivity contribution < 1.29 is 9.53 Å². The van der Waals surface area contributed by atoms with E-state index < -0.39 is 0 Å². The van der Waals surface area contributed by atoms with Gasteiger partial charge < -0.3 is 20.3 Å². The molecule has 5 rings (SSSR count). The summed E-state index contributed by atoms with van der Waals surface area (Å²) in [7, 11) is 2.07. The standard InChI is InChI=1S/C24H33N5O2.2ClH/c1-27-15-19(7-8-20(25)17-27)23(30)28-12-10-24(11-13-28)22-18(9-14-31-24)16-29(26-22)21-5-3-2-4-6-21;;/h2-6,16,19-20H,7-15,17,25H2,1H3;2*1H/t19-,20+;;/m1../s1. The van der Waals surface area contributed by atoms with Gasteiger partial charge in [0.2, 0.25) is 5.91 Å². The minimum atomic E-state index is -0.368. The van der Waals surface area contributed by atoms with Crippen LogP contribution in [0.25, 0.3) is 5.69 Å². The molecule has 1 spiro atoms. The minimum Gasteiger partial charge on any atom is -0.368 e. The molecule has 2 N–H and O–H groups in total. The third kappa shape index (κ3) is 5.23. The van der Waals surface area contributed by atoms with E-state index in [9.17, 15) is 4.79 Å². The molecule has 2 fully saturated rings. The van der Waals surface area contributed by atoms with Gasteiger partial charge in [-0.15, -0.1) is 24.8 Å². The van der Waals surface area contributed by atoms with Gasteiger partial charge in [-0.1, -0.05) is 18.2 Å². The molecule has 1 aromatic carbocycles. The lowest BCUT2D eigenvalue weighted by Gasteiger charge is -2.43. The lowest BCUT2D eigenvalue weighted by Crippen LogP contribution is -2.50. The van der Waals surface area contributed by atoms with Crippen molar-refractivity contribution in [3.8, 4) is 5.69 Å². The Labute approximate surface area is 208 Å². The number of benzene rings is 1. The smallest absolute Gasteiger partial charge is 0.226 e. The van der Waals surface area contributed by atoms with E-state index >= 15 is 0 Å². The zero-order valence-corrected chi connectivity index (χ0v) is 20.8. The summed E-state index contributed by atoms with van der Waals surface area (Å²) in [4.78, 5) is 17.5. The van der Waals surface area contributed by atoms with Crippen LogP contribution in [-0.2, 0) is 21.6 Å². The fourth-order valence-corrected chi connectivity index (χ4v) is 5.49. The molecule has 0 radical (unpaired) electrons. The predicted octanol–water partition coefficient (Wildman–Crippen LogP) is 2.78. The highest BCUT2D eigenvalue weighted by Crippen LogP contribution is 2.41. The van der Waals surface area contributed by atoms with Gasteiger partial charge >= 0.3 is 0 Å². The minimum absolute atomic E-state index is 0. The first kappa shape index (κ1) is 26.0. The first-order valence-electron chi connectivity index (χ1n) is 11.6. The number of hydrogen-bond donors (Lipinski definition) is 1. The molecule has 7 nitrogen and oxygen atoms in total. The molecule has 1 amide bonds. The van der Waals surface area contributed by atoms with Crippen LogP contribution in [0.2, 0.25) is 0 Å². The Hall–Kier alpha value is -1.64. The van der Waals surface area contributed by atoms with Crippen molar-refractivity contribution in [1.29, 1.82) is 0 Å². The molecule has 2 atom stereocenters. The Morgan fingerprint density at radius 1 is 1.12 bits per heavy atom. The molecule has 3 aliphatic rings. The maximum absolute atomic E-state index is 13.3. The average Bonchev–Trinajstić information content (AvgIpc) is 3.16. The molecule has 1 aromatic heterocycles. The normalized spacial score (nSPS) is 24.8. The average molecular weight is 496 g/mol. The third-order valence-electron chi connectivity index (χ3n) is 7.19. The summed E-state index contributed by atoms with van der Waals surface area (Å²) in [6.07, 6.45) is 6.45. The number of carbonyl (C=O) groups excluding carboxylic acids is 1. The molecule has 182 valence electrons. The molecule has 0 bridgehead atoms. The number of likely N-dealkylation sites (tertiary alicyclic amines) is 2. The van der Waals surface area contributed by atoms with E-state index in [-0.39, 0.29) is 48.3 Å². The van der Waals surface area contributed by atoms with Crippen LogP contribution in [0.1, 0.15) is 36.9 Å². The molecule has 33 heavy (non-hydrogen) atoms. The van der Waals surface area contributed by atoms with Crippen LogP contribution in [-0.4, -0.2) is 71.4 Å². The quantitative estimate of drug-likeness (QED) is 0.692. The molecule has 2 saturated heterocycles. The van der Waals surface area contributed by atoms with Crippen LogP contribution in [0.5, 0.6) is 0 Å². The molecule has 4 heterocycles. The Kier molecular flexibility index (Phi) is 8.45. The molecular formula is C24H35Cl2N5O2. The monoisotopic (exact) mass is 495 g/mol. The maximum atomic E-state index is 13.3. The number of nitrogens with two attached hydrogens (primary N) is 1. The Morgan fingerprint density at radius 2 is 1.85 bits per heavy atom. The van der Waals surface area contributed by atoms with Crippen LogP contribution in [0.15, 0.2) is 36.5 Å². The molecular weight excluding hydrogens is 461 g/mol. The fraction of sp³-hybridized carbons (Fsp3) is 0.583. The van der Waals surface area contributed by atoms with Crippen molar-refractivity contribution in [2.45, 2.75) is 43.7 Å². The summed E-state index contributed by atoms with van der Waals surface area (Å²) >= 11 is 0. The van der Waals surface area contributed by atoms with Gasteiger partial charge in [0.05, 0.1) is 23.9 Å². The molecule has 0 unspecified atom stereocenters. The van der Waals surface area contributed by atoms with Gasteiger partial charge in [-0.2, -0.15) is 5.10 Å². The molecule has 2 aromatic rings. The number of likely N-dealkylation sites (N-methyl/N-ethyl adjacent to an activating group) is 1. The van der Waals surface area contributed by atoms with Crippen molar-refractivity contribution in [2.24, 2.45) is 11.7 Å². The number of aromatic nitrogens is 2. The highest BCUT2D eigenvalue weighted by molar-refractivity contribution is 5.85. The second-order valence-corrected chi connectivity index (χ2v) is 9.46. The van der Waals surface area contributed by atoms with Crippen LogP contribution in [0.4, 0.5) is 0 Å². The fourth-order valence-electron chi connectivity index (χ4n) is 5.49. The van der Waals surface area contributed by atoms with E-state index in [0.29, 0.717) is 6.61 Å². The van der Waals surface area contributed by atoms with Gasteiger partial charge in [0.15, 0.2) is 0 Å². The Bertz CT molecular complexity index is 930. The van der Waals surface area contributed by atoms with Gasteiger partial charge in [-0.25, -0.2) is 4.68 Å².